The molecule has 1 N–H and O–H groups in total. The average Bonchev–Trinajstić information content (AvgIpc) is 2.91. The number of sulfone groups is 1. The van der Waals surface area contributed by atoms with Crippen LogP contribution in [0.3, 0.4) is 0 Å². The normalized spacial score (nSPS) is 29.1. The fourth-order valence-corrected chi connectivity index (χ4v) is 5.39. The van der Waals surface area contributed by atoms with Crippen LogP contribution in [-0.4, -0.2) is 35.9 Å². The van der Waals surface area contributed by atoms with E-state index in [0.717, 1.165) is 11.7 Å². The van der Waals surface area contributed by atoms with Gasteiger partial charge in [-0.1, -0.05) is 0 Å². The van der Waals surface area contributed by atoms with Crippen LogP contribution in [0.2, 0.25) is 0 Å². The summed E-state index contributed by atoms with van der Waals surface area (Å²) in [5, 5.41) is 4.46. The summed E-state index contributed by atoms with van der Waals surface area (Å²) in [4.78, 5) is 11.5. The lowest BCUT2D eigenvalue weighted by Gasteiger charge is -2.46. The molecular weight excluding hydrogens is 323 g/mol. The Hall–Kier alpha value is -1.42. The summed E-state index contributed by atoms with van der Waals surface area (Å²) in [6, 6.07) is 0.541. The summed E-state index contributed by atoms with van der Waals surface area (Å²) < 4.78 is 64.1. The molecule has 1 aliphatic carbocycles. The first kappa shape index (κ1) is 15.5. The van der Waals surface area contributed by atoms with Crippen molar-refractivity contribution in [2.45, 2.75) is 35.8 Å². The number of hydrogen-bond donors (Lipinski definition) is 1. The van der Waals surface area contributed by atoms with Crippen molar-refractivity contribution >= 4 is 15.6 Å². The lowest BCUT2D eigenvalue weighted by Crippen LogP contribution is -2.64. The Bertz CT molecular complexity index is 741. The van der Waals surface area contributed by atoms with E-state index in [1.165, 1.54) is 0 Å². The fourth-order valence-electron chi connectivity index (χ4n) is 3.22. The van der Waals surface area contributed by atoms with Gasteiger partial charge < -0.3 is 0 Å². The van der Waals surface area contributed by atoms with Gasteiger partial charge in [-0.05, 0) is 6.42 Å². The Labute approximate surface area is 124 Å². The summed E-state index contributed by atoms with van der Waals surface area (Å²) in [5.74, 6) is -0.0114. The van der Waals surface area contributed by atoms with Crippen LogP contribution >= 0.6 is 0 Å². The first-order chi connectivity index (χ1) is 10.1. The van der Waals surface area contributed by atoms with Crippen LogP contribution in [0.5, 0.6) is 0 Å². The minimum absolute atomic E-state index is 0.0114. The second kappa shape index (κ2) is 4.54. The third-order valence-electron chi connectivity index (χ3n) is 4.38. The predicted molar refractivity (Wildman–Crippen MR) is 68.5 cm³/mol. The standard InChI is InChI=1S/C12H14F3N3O3S/c1-18-9(4-8(17-18)12(13,14)15)22(20,21)10-11(6-16-10)3-2-7(19)5-11/h4,10,16H,2-3,5-6H2,1H3. The fraction of sp³-hybridized carbons (Fsp3) is 0.667. The highest BCUT2D eigenvalue weighted by molar-refractivity contribution is 7.92. The Balaban J connectivity index is 1.98. The largest absolute Gasteiger partial charge is 0.435 e. The van der Waals surface area contributed by atoms with Crippen LogP contribution in [0.1, 0.15) is 25.0 Å². The van der Waals surface area contributed by atoms with Gasteiger partial charge in [-0.3, -0.25) is 14.8 Å². The van der Waals surface area contributed by atoms with Gasteiger partial charge in [0.1, 0.15) is 11.2 Å². The zero-order valence-corrected chi connectivity index (χ0v) is 12.5. The van der Waals surface area contributed by atoms with E-state index in [4.69, 9.17) is 0 Å². The Morgan fingerprint density at radius 1 is 1.45 bits per heavy atom. The summed E-state index contributed by atoms with van der Waals surface area (Å²) in [7, 11) is -2.89. The van der Waals surface area contributed by atoms with Gasteiger partial charge in [-0.25, -0.2) is 8.42 Å². The SMILES string of the molecule is Cn1nc(C(F)(F)F)cc1S(=O)(=O)C1NCC12CCC(=O)C2. The molecule has 2 heterocycles. The molecule has 0 radical (unpaired) electrons. The van der Waals surface area contributed by atoms with Crippen molar-refractivity contribution < 1.29 is 26.4 Å². The number of nitrogens with one attached hydrogen (secondary N) is 1. The molecule has 22 heavy (non-hydrogen) atoms. The first-order valence-corrected chi connectivity index (χ1v) is 8.21. The molecule has 0 amide bonds. The van der Waals surface area contributed by atoms with Gasteiger partial charge in [0.2, 0.25) is 9.84 Å². The van der Waals surface area contributed by atoms with Gasteiger partial charge >= 0.3 is 6.18 Å². The Kier molecular flexibility index (Phi) is 3.19. The molecule has 2 unspecified atom stereocenters. The molecule has 0 aromatic carbocycles. The van der Waals surface area contributed by atoms with E-state index in [1.54, 1.807) is 0 Å². The molecule has 1 aliphatic heterocycles. The van der Waals surface area contributed by atoms with Gasteiger partial charge in [-0.15, -0.1) is 0 Å². The molecule has 122 valence electrons. The molecular formula is C12H14F3N3O3S. The monoisotopic (exact) mass is 337 g/mol. The third kappa shape index (κ3) is 2.16. The average molecular weight is 337 g/mol. The highest BCUT2D eigenvalue weighted by Crippen LogP contribution is 2.47. The van der Waals surface area contributed by atoms with Crippen molar-refractivity contribution in [3.63, 3.8) is 0 Å². The maximum Gasteiger partial charge on any atom is 0.435 e. The van der Waals surface area contributed by atoms with E-state index < -0.39 is 37.5 Å². The van der Waals surface area contributed by atoms with Gasteiger partial charge in [0.25, 0.3) is 0 Å². The molecule has 1 saturated carbocycles. The Morgan fingerprint density at radius 2 is 2.14 bits per heavy atom. The van der Waals surface area contributed by atoms with Crippen LogP contribution in [-0.2, 0) is 27.9 Å². The number of aromatic nitrogens is 2. The number of ketones is 1. The maximum absolute atomic E-state index is 12.7. The molecule has 2 fully saturated rings. The number of aryl methyl sites for hydroxylation is 1. The number of carbonyl (C=O) groups is 1. The Morgan fingerprint density at radius 3 is 2.55 bits per heavy atom. The zero-order valence-electron chi connectivity index (χ0n) is 11.6. The van der Waals surface area contributed by atoms with Gasteiger partial charge in [-0.2, -0.15) is 18.3 Å². The van der Waals surface area contributed by atoms with E-state index in [0.29, 0.717) is 25.5 Å². The van der Waals surface area contributed by atoms with E-state index >= 15 is 0 Å². The van der Waals surface area contributed by atoms with Gasteiger partial charge in [0.05, 0.1) is 0 Å². The van der Waals surface area contributed by atoms with Crippen LogP contribution < -0.4 is 5.32 Å². The van der Waals surface area contributed by atoms with E-state index in [-0.39, 0.29) is 12.2 Å². The molecule has 1 saturated heterocycles. The van der Waals surface area contributed by atoms with Crippen molar-refractivity contribution in [2.75, 3.05) is 6.54 Å². The number of alkyl halides is 3. The summed E-state index contributed by atoms with van der Waals surface area (Å²) in [5.41, 5.74) is -1.94. The zero-order chi connectivity index (χ0) is 16.3. The highest BCUT2D eigenvalue weighted by Gasteiger charge is 2.57. The van der Waals surface area contributed by atoms with Crippen molar-refractivity contribution in [3.8, 4) is 0 Å². The number of rotatable bonds is 2. The minimum Gasteiger partial charge on any atom is -0.300 e. The van der Waals surface area contributed by atoms with Crippen molar-refractivity contribution in [1.29, 1.82) is 0 Å². The molecule has 10 heteroatoms. The van der Waals surface area contributed by atoms with Crippen molar-refractivity contribution in [3.05, 3.63) is 11.8 Å². The van der Waals surface area contributed by atoms with Gasteiger partial charge in [0, 0.05) is 37.9 Å². The minimum atomic E-state index is -4.71. The topological polar surface area (TPSA) is 81.1 Å². The van der Waals surface area contributed by atoms with Crippen molar-refractivity contribution in [2.24, 2.45) is 12.5 Å². The number of nitrogens with zero attached hydrogens (tertiary/aromatic N) is 2. The molecule has 1 aromatic heterocycles. The lowest BCUT2D eigenvalue weighted by molar-refractivity contribution is -0.141. The number of halogens is 3. The molecule has 3 rings (SSSR count). The van der Waals surface area contributed by atoms with Crippen LogP contribution in [0.4, 0.5) is 13.2 Å². The number of Topliss-reactive ketones (excluding diaryl/α,β-unsaturated/α-hetero) is 1. The second-order valence-corrected chi connectivity index (χ2v) is 7.85. The summed E-state index contributed by atoms with van der Waals surface area (Å²) in [6.45, 7) is 0.382. The molecule has 6 nitrogen and oxygen atoms in total. The maximum atomic E-state index is 12.7. The van der Waals surface area contributed by atoms with E-state index in [2.05, 4.69) is 10.4 Å². The molecule has 1 spiro atoms. The summed E-state index contributed by atoms with van der Waals surface area (Å²) in [6.07, 6.45) is -3.81. The smallest absolute Gasteiger partial charge is 0.300 e. The van der Waals surface area contributed by atoms with Crippen molar-refractivity contribution in [1.82, 2.24) is 15.1 Å². The molecule has 2 atom stereocenters. The lowest BCUT2D eigenvalue weighted by atomic mass is 9.80. The van der Waals surface area contributed by atoms with Crippen LogP contribution in [0.25, 0.3) is 0 Å². The molecule has 1 aromatic rings. The second-order valence-electron chi connectivity index (χ2n) is 5.87. The summed E-state index contributed by atoms with van der Waals surface area (Å²) >= 11 is 0. The van der Waals surface area contributed by atoms with Crippen LogP contribution in [0.15, 0.2) is 11.1 Å². The van der Waals surface area contributed by atoms with Gasteiger partial charge in [0.15, 0.2) is 10.7 Å². The van der Waals surface area contributed by atoms with E-state index in [1.807, 2.05) is 0 Å². The quantitative estimate of drug-likeness (QED) is 0.866. The first-order valence-electron chi connectivity index (χ1n) is 6.66. The van der Waals surface area contributed by atoms with Crippen LogP contribution in [0, 0.1) is 5.41 Å². The third-order valence-corrected chi connectivity index (χ3v) is 6.63. The predicted octanol–water partition coefficient (Wildman–Crippen LogP) is 0.881. The molecule has 0 bridgehead atoms. The van der Waals surface area contributed by atoms with E-state index in [9.17, 15) is 26.4 Å². The number of hydrogen-bond acceptors (Lipinski definition) is 5. The number of carbonyl (C=O) groups excluding carboxylic acids is 1. The highest BCUT2D eigenvalue weighted by atomic mass is 32.2. The molecule has 2 aliphatic rings.